The van der Waals surface area contributed by atoms with Gasteiger partial charge in [-0.2, -0.15) is 0 Å². The van der Waals surface area contributed by atoms with Gasteiger partial charge in [-0.15, -0.1) is 10.2 Å². The highest BCUT2D eigenvalue weighted by molar-refractivity contribution is 7.15. The molecule has 1 rings (SSSR count). The molecule has 3 nitrogen and oxygen atoms in total. The molecule has 0 saturated heterocycles. The Kier molecular flexibility index (Phi) is 3.29. The summed E-state index contributed by atoms with van der Waals surface area (Å²) in [7, 11) is 0. The summed E-state index contributed by atoms with van der Waals surface area (Å²) in [6.07, 6.45) is 2.41. The molecule has 0 radical (unpaired) electrons. The van der Waals surface area contributed by atoms with E-state index >= 15 is 0 Å². The molecule has 4 heteroatoms. The lowest BCUT2D eigenvalue weighted by Gasteiger charge is -1.97. The third-order valence-corrected chi connectivity index (χ3v) is 2.13. The van der Waals surface area contributed by atoms with Gasteiger partial charge in [-0.05, 0) is 13.3 Å². The Hall–Kier alpha value is -0.640. The van der Waals surface area contributed by atoms with Crippen molar-refractivity contribution in [3.63, 3.8) is 0 Å². The van der Waals surface area contributed by atoms with Crippen LogP contribution in [0.5, 0.6) is 0 Å². The quantitative estimate of drug-likeness (QED) is 0.705. The Morgan fingerprint density at radius 3 is 2.82 bits per heavy atom. The molecule has 0 aliphatic heterocycles. The maximum Gasteiger partial charge on any atom is 0.205 e. The van der Waals surface area contributed by atoms with Crippen LogP contribution < -0.4 is 5.32 Å². The van der Waals surface area contributed by atoms with E-state index in [1.165, 1.54) is 12.8 Å². The Balaban J connectivity index is 2.27. The molecule has 0 aliphatic rings. The highest BCUT2D eigenvalue weighted by Crippen LogP contribution is 2.13. The molecular weight excluding hydrogens is 158 g/mol. The van der Waals surface area contributed by atoms with Crippen molar-refractivity contribution in [3.8, 4) is 0 Å². The first-order valence-corrected chi connectivity index (χ1v) is 4.68. The lowest BCUT2D eigenvalue weighted by atomic mass is 10.3. The molecule has 0 spiro atoms. The molecule has 0 bridgehead atoms. The minimum absolute atomic E-state index is 0.941. The SMILES string of the molecule is CCCCNc1nnc(C)s1. The van der Waals surface area contributed by atoms with Gasteiger partial charge < -0.3 is 5.32 Å². The van der Waals surface area contributed by atoms with Crippen LogP contribution in [0.4, 0.5) is 5.13 Å². The van der Waals surface area contributed by atoms with Crippen LogP contribution >= 0.6 is 11.3 Å². The standard InChI is InChI=1S/C7H13N3S/c1-3-4-5-8-7-10-9-6(2)11-7/h3-5H2,1-2H3,(H,8,10). The molecule has 0 unspecified atom stereocenters. The normalized spacial score (nSPS) is 10.0. The second kappa shape index (κ2) is 4.28. The lowest BCUT2D eigenvalue weighted by Crippen LogP contribution is -1.99. The van der Waals surface area contributed by atoms with E-state index in [0.717, 1.165) is 16.7 Å². The second-order valence-corrected chi connectivity index (χ2v) is 3.59. The van der Waals surface area contributed by atoms with Crippen LogP contribution in [0, 0.1) is 6.92 Å². The number of unbranched alkanes of at least 4 members (excludes halogenated alkanes) is 1. The predicted molar refractivity (Wildman–Crippen MR) is 48.0 cm³/mol. The molecule has 0 aromatic carbocycles. The number of hydrogen-bond acceptors (Lipinski definition) is 4. The Morgan fingerprint density at radius 2 is 2.27 bits per heavy atom. The van der Waals surface area contributed by atoms with Crippen molar-refractivity contribution < 1.29 is 0 Å². The summed E-state index contributed by atoms with van der Waals surface area (Å²) in [6, 6.07) is 0. The van der Waals surface area contributed by atoms with Gasteiger partial charge in [-0.1, -0.05) is 24.7 Å². The zero-order valence-electron chi connectivity index (χ0n) is 6.92. The Labute approximate surface area is 70.9 Å². The van der Waals surface area contributed by atoms with Gasteiger partial charge in [-0.25, -0.2) is 0 Å². The van der Waals surface area contributed by atoms with E-state index in [1.807, 2.05) is 6.92 Å². The van der Waals surface area contributed by atoms with Gasteiger partial charge in [0.05, 0.1) is 0 Å². The zero-order chi connectivity index (χ0) is 8.10. The number of aryl methyl sites for hydroxylation is 1. The topological polar surface area (TPSA) is 37.8 Å². The van der Waals surface area contributed by atoms with E-state index in [2.05, 4.69) is 22.4 Å². The van der Waals surface area contributed by atoms with Crippen LogP contribution in [0.3, 0.4) is 0 Å². The van der Waals surface area contributed by atoms with E-state index in [4.69, 9.17) is 0 Å². The van der Waals surface area contributed by atoms with Gasteiger partial charge in [0.15, 0.2) is 0 Å². The largest absolute Gasteiger partial charge is 0.360 e. The molecule has 0 atom stereocenters. The molecule has 11 heavy (non-hydrogen) atoms. The van der Waals surface area contributed by atoms with Crippen molar-refractivity contribution in [1.29, 1.82) is 0 Å². The Bertz CT molecular complexity index is 209. The van der Waals surface area contributed by atoms with Crippen LogP contribution in [-0.2, 0) is 0 Å². The first kappa shape index (κ1) is 8.46. The van der Waals surface area contributed by atoms with Crippen LogP contribution in [0.15, 0.2) is 0 Å². The van der Waals surface area contributed by atoms with Crippen molar-refractivity contribution in [3.05, 3.63) is 5.01 Å². The number of nitrogens with zero attached hydrogens (tertiary/aromatic N) is 2. The molecule has 1 aromatic heterocycles. The minimum atomic E-state index is 0.941. The number of anilines is 1. The second-order valence-electron chi connectivity index (χ2n) is 2.41. The monoisotopic (exact) mass is 171 g/mol. The first-order valence-electron chi connectivity index (χ1n) is 3.87. The van der Waals surface area contributed by atoms with Gasteiger partial charge in [0, 0.05) is 6.54 Å². The van der Waals surface area contributed by atoms with Crippen molar-refractivity contribution in [2.24, 2.45) is 0 Å². The van der Waals surface area contributed by atoms with Crippen LogP contribution in [0.2, 0.25) is 0 Å². The third kappa shape index (κ3) is 2.84. The number of hydrogen-bond donors (Lipinski definition) is 1. The van der Waals surface area contributed by atoms with E-state index in [0.29, 0.717) is 0 Å². The first-order chi connectivity index (χ1) is 5.33. The fraction of sp³-hybridized carbons (Fsp3) is 0.714. The smallest absolute Gasteiger partial charge is 0.205 e. The van der Waals surface area contributed by atoms with Crippen molar-refractivity contribution in [2.75, 3.05) is 11.9 Å². The van der Waals surface area contributed by atoms with Crippen molar-refractivity contribution >= 4 is 16.5 Å². The highest BCUT2D eigenvalue weighted by Gasteiger charge is 1.96. The van der Waals surface area contributed by atoms with E-state index in [9.17, 15) is 0 Å². The van der Waals surface area contributed by atoms with Crippen LogP contribution in [-0.4, -0.2) is 16.7 Å². The molecule has 1 heterocycles. The molecule has 0 aliphatic carbocycles. The number of rotatable bonds is 4. The van der Waals surface area contributed by atoms with Crippen molar-refractivity contribution in [1.82, 2.24) is 10.2 Å². The molecule has 62 valence electrons. The van der Waals surface area contributed by atoms with Gasteiger partial charge in [-0.3, -0.25) is 0 Å². The van der Waals surface area contributed by atoms with E-state index in [-0.39, 0.29) is 0 Å². The molecule has 0 saturated carbocycles. The van der Waals surface area contributed by atoms with E-state index in [1.54, 1.807) is 11.3 Å². The van der Waals surface area contributed by atoms with Gasteiger partial charge >= 0.3 is 0 Å². The average Bonchev–Trinajstić information content (AvgIpc) is 2.37. The summed E-state index contributed by atoms with van der Waals surface area (Å²) in [5, 5.41) is 13.0. The van der Waals surface area contributed by atoms with E-state index < -0.39 is 0 Å². The summed E-state index contributed by atoms with van der Waals surface area (Å²) < 4.78 is 0. The minimum Gasteiger partial charge on any atom is -0.360 e. The summed E-state index contributed by atoms with van der Waals surface area (Å²) in [4.78, 5) is 0. The van der Waals surface area contributed by atoms with Crippen LogP contribution in [0.1, 0.15) is 24.8 Å². The number of aromatic nitrogens is 2. The summed E-state index contributed by atoms with van der Waals surface area (Å²) in [6.45, 7) is 5.14. The molecule has 0 fully saturated rings. The number of nitrogens with one attached hydrogen (secondary N) is 1. The van der Waals surface area contributed by atoms with Gasteiger partial charge in [0.25, 0.3) is 0 Å². The molecule has 1 aromatic rings. The Morgan fingerprint density at radius 1 is 1.45 bits per heavy atom. The summed E-state index contributed by atoms with van der Waals surface area (Å²) >= 11 is 1.60. The fourth-order valence-electron chi connectivity index (χ4n) is 0.740. The van der Waals surface area contributed by atoms with Gasteiger partial charge in [0.1, 0.15) is 5.01 Å². The lowest BCUT2D eigenvalue weighted by molar-refractivity contribution is 0.831. The predicted octanol–water partition coefficient (Wildman–Crippen LogP) is 2.06. The van der Waals surface area contributed by atoms with Crippen molar-refractivity contribution in [2.45, 2.75) is 26.7 Å². The molecule has 1 N–H and O–H groups in total. The molecule has 0 amide bonds. The maximum absolute atomic E-state index is 3.94. The summed E-state index contributed by atoms with van der Waals surface area (Å²) in [5.74, 6) is 0. The molecular formula is C7H13N3S. The van der Waals surface area contributed by atoms with Gasteiger partial charge in [0.2, 0.25) is 5.13 Å². The zero-order valence-corrected chi connectivity index (χ0v) is 7.74. The third-order valence-electron chi connectivity index (χ3n) is 1.33. The summed E-state index contributed by atoms with van der Waals surface area (Å²) in [5.41, 5.74) is 0. The maximum atomic E-state index is 3.94. The average molecular weight is 171 g/mol. The highest BCUT2D eigenvalue weighted by atomic mass is 32.1. The van der Waals surface area contributed by atoms with Crippen LogP contribution in [0.25, 0.3) is 0 Å². The fourth-order valence-corrected chi connectivity index (χ4v) is 1.36.